The molecule has 0 saturated carbocycles. The molecule has 10 aromatic carbocycles. The molecule has 0 amide bonds. The fraction of sp³-hybridized carbons (Fsp3) is 0. The van der Waals surface area contributed by atoms with Crippen molar-refractivity contribution in [3.05, 3.63) is 212 Å². The minimum atomic E-state index is 0.874. The number of hydrogen-bond donors (Lipinski definition) is 0. The first-order valence-electron chi connectivity index (χ1n) is 20.1. The van der Waals surface area contributed by atoms with E-state index in [9.17, 15) is 0 Å². The van der Waals surface area contributed by atoms with Crippen LogP contribution in [-0.4, -0.2) is 0 Å². The minimum Gasteiger partial charge on any atom is -0.455 e. The summed E-state index contributed by atoms with van der Waals surface area (Å²) in [7, 11) is 0. The molecule has 0 spiro atoms. The molecule has 276 valence electrons. The van der Waals surface area contributed by atoms with Gasteiger partial charge in [0.1, 0.15) is 11.2 Å². The third-order valence-corrected chi connectivity index (χ3v) is 13.0. The molecule has 0 fully saturated rings. The summed E-state index contributed by atoms with van der Waals surface area (Å²) in [5.74, 6) is 0. The lowest BCUT2D eigenvalue weighted by molar-refractivity contribution is 0.670. The van der Waals surface area contributed by atoms with Gasteiger partial charge < -0.3 is 9.32 Å². The zero-order valence-corrected chi connectivity index (χ0v) is 32.8. The summed E-state index contributed by atoms with van der Waals surface area (Å²) in [6.45, 7) is 0. The molecule has 2 nitrogen and oxygen atoms in total. The Morgan fingerprint density at radius 1 is 0.356 bits per heavy atom. The van der Waals surface area contributed by atoms with Crippen molar-refractivity contribution in [3.8, 4) is 33.4 Å². The smallest absolute Gasteiger partial charge is 0.145 e. The molecule has 0 aliphatic heterocycles. The Morgan fingerprint density at radius 3 is 1.81 bits per heavy atom. The molecule has 2 heterocycles. The lowest BCUT2D eigenvalue weighted by Gasteiger charge is -2.28. The summed E-state index contributed by atoms with van der Waals surface area (Å²) in [4.78, 5) is 2.45. The lowest BCUT2D eigenvalue weighted by atomic mass is 9.97. The highest BCUT2D eigenvalue weighted by Gasteiger charge is 2.24. The van der Waals surface area contributed by atoms with Crippen molar-refractivity contribution < 1.29 is 4.42 Å². The lowest BCUT2D eigenvalue weighted by Crippen LogP contribution is -2.11. The maximum atomic E-state index is 6.81. The molecule has 0 radical (unpaired) electrons. The zero-order chi connectivity index (χ0) is 38.9. The molecule has 2 aromatic heterocycles. The summed E-state index contributed by atoms with van der Waals surface area (Å²) in [5, 5.41) is 9.74. The normalized spacial score (nSPS) is 11.7. The maximum absolute atomic E-state index is 6.81. The molecule has 59 heavy (non-hydrogen) atoms. The van der Waals surface area contributed by atoms with E-state index in [0.29, 0.717) is 0 Å². The van der Waals surface area contributed by atoms with Crippen molar-refractivity contribution in [3.63, 3.8) is 0 Å². The minimum absolute atomic E-state index is 0.874. The molecule has 12 rings (SSSR count). The van der Waals surface area contributed by atoms with Crippen molar-refractivity contribution in [2.24, 2.45) is 0 Å². The second-order valence-corrected chi connectivity index (χ2v) is 16.3. The second kappa shape index (κ2) is 13.6. The van der Waals surface area contributed by atoms with Crippen LogP contribution in [0.4, 0.5) is 17.1 Å². The van der Waals surface area contributed by atoms with Gasteiger partial charge >= 0.3 is 0 Å². The number of nitrogens with zero attached hydrogens (tertiary/aromatic N) is 1. The van der Waals surface area contributed by atoms with Crippen LogP contribution >= 0.6 is 11.3 Å². The third kappa shape index (κ3) is 5.55. The second-order valence-electron chi connectivity index (χ2n) is 15.2. The monoisotopic (exact) mass is 769 g/mol. The van der Waals surface area contributed by atoms with E-state index in [0.717, 1.165) is 50.1 Å². The zero-order valence-electron chi connectivity index (χ0n) is 32.0. The van der Waals surface area contributed by atoms with E-state index in [1.54, 1.807) is 0 Å². The summed E-state index contributed by atoms with van der Waals surface area (Å²) in [5.41, 5.74) is 12.1. The Hall–Kier alpha value is -7.46. The first-order valence-corrected chi connectivity index (χ1v) is 20.9. The summed E-state index contributed by atoms with van der Waals surface area (Å²) >= 11 is 1.86. The van der Waals surface area contributed by atoms with Crippen molar-refractivity contribution in [1.29, 1.82) is 0 Å². The highest BCUT2D eigenvalue weighted by molar-refractivity contribution is 7.26. The van der Waals surface area contributed by atoms with Gasteiger partial charge in [-0.2, -0.15) is 0 Å². The number of benzene rings is 10. The van der Waals surface area contributed by atoms with Crippen LogP contribution in [0.1, 0.15) is 0 Å². The highest BCUT2D eigenvalue weighted by atomic mass is 32.1. The van der Waals surface area contributed by atoms with Crippen molar-refractivity contribution in [1.82, 2.24) is 0 Å². The van der Waals surface area contributed by atoms with Gasteiger partial charge in [0.15, 0.2) is 0 Å². The highest BCUT2D eigenvalue weighted by Crippen LogP contribution is 2.50. The van der Waals surface area contributed by atoms with Gasteiger partial charge in [-0.1, -0.05) is 158 Å². The Morgan fingerprint density at radius 2 is 0.983 bits per heavy atom. The maximum Gasteiger partial charge on any atom is 0.145 e. The number of hydrogen-bond acceptors (Lipinski definition) is 3. The van der Waals surface area contributed by atoms with E-state index < -0.39 is 0 Å². The van der Waals surface area contributed by atoms with E-state index in [1.807, 2.05) is 11.3 Å². The van der Waals surface area contributed by atoms with Crippen molar-refractivity contribution in [2.45, 2.75) is 0 Å². The fourth-order valence-electron chi connectivity index (χ4n) is 9.05. The van der Waals surface area contributed by atoms with E-state index in [4.69, 9.17) is 4.42 Å². The SMILES string of the molecule is c1ccc(-c2ccc3c(c2)sc2cccc(N(c4ccc(-c5ccc6c(ccc7ccccc76)c5)cc4)c4ccc(-c5ccccc5)c5oc6ccccc6c45)c23)cc1. The molecule has 0 N–H and O–H groups in total. The number of rotatable bonds is 6. The number of fused-ring (bicyclic) bond motifs is 9. The average molecular weight is 770 g/mol. The standard InChI is InChI=1S/C56H35NOS/c1-3-12-36(13-4-1)41-27-31-48-53(35-41)59-52-21-11-19-49(54(48)52)57(50-33-32-46(38-14-5-2-6-15-38)56-55(50)47-18-9-10-20-51(47)58-56)43-28-24-37(25-29-43)40-26-30-45-42(34-40)23-22-39-16-7-8-17-44(39)45/h1-35H. The first kappa shape index (κ1) is 33.7. The fourth-order valence-corrected chi connectivity index (χ4v) is 10.2. The van der Waals surface area contributed by atoms with Gasteiger partial charge in [-0.3, -0.25) is 0 Å². The predicted molar refractivity (Wildman–Crippen MR) is 253 cm³/mol. The average Bonchev–Trinajstić information content (AvgIpc) is 3.89. The Labute approximate surface area is 345 Å². The number of para-hydroxylation sites is 1. The van der Waals surface area contributed by atoms with Gasteiger partial charge in [-0.15, -0.1) is 11.3 Å². The molecule has 0 atom stereocenters. The largest absolute Gasteiger partial charge is 0.455 e. The Kier molecular flexibility index (Phi) is 7.75. The van der Waals surface area contributed by atoms with Crippen LogP contribution in [0.5, 0.6) is 0 Å². The van der Waals surface area contributed by atoms with Crippen molar-refractivity contribution >= 4 is 92.1 Å². The molecule has 0 saturated heterocycles. The quantitative estimate of drug-likeness (QED) is 0.157. The number of thiophene rings is 1. The van der Waals surface area contributed by atoms with Gasteiger partial charge in [0.2, 0.25) is 0 Å². The Bertz CT molecular complexity index is 3550. The third-order valence-electron chi connectivity index (χ3n) is 11.9. The van der Waals surface area contributed by atoms with Gasteiger partial charge in [-0.25, -0.2) is 0 Å². The molecule has 0 aliphatic carbocycles. The van der Waals surface area contributed by atoms with E-state index in [2.05, 4.69) is 217 Å². The van der Waals surface area contributed by atoms with Crippen LogP contribution in [0.3, 0.4) is 0 Å². The summed E-state index contributed by atoms with van der Waals surface area (Å²) < 4.78 is 9.33. The van der Waals surface area contributed by atoms with E-state index in [-0.39, 0.29) is 0 Å². The van der Waals surface area contributed by atoms with Crippen LogP contribution < -0.4 is 4.90 Å². The molecule has 12 aromatic rings. The predicted octanol–water partition coefficient (Wildman–Crippen LogP) is 16.7. The molecule has 3 heteroatoms. The molecular formula is C56H35NOS. The first-order chi connectivity index (χ1) is 29.2. The molecule has 0 aliphatic rings. The molecular weight excluding hydrogens is 735 g/mol. The summed E-state index contributed by atoms with van der Waals surface area (Å²) in [6, 6.07) is 76.9. The molecule has 0 bridgehead atoms. The van der Waals surface area contributed by atoms with Gasteiger partial charge in [0, 0.05) is 36.8 Å². The summed E-state index contributed by atoms with van der Waals surface area (Å²) in [6.07, 6.45) is 0. The van der Waals surface area contributed by atoms with Crippen molar-refractivity contribution in [2.75, 3.05) is 4.90 Å². The number of anilines is 3. The van der Waals surface area contributed by atoms with E-state index >= 15 is 0 Å². The van der Waals surface area contributed by atoms with Crippen LogP contribution in [0, 0.1) is 0 Å². The van der Waals surface area contributed by atoms with Gasteiger partial charge in [0.25, 0.3) is 0 Å². The van der Waals surface area contributed by atoms with Crippen LogP contribution in [0.2, 0.25) is 0 Å². The topological polar surface area (TPSA) is 16.4 Å². The van der Waals surface area contributed by atoms with Gasteiger partial charge in [-0.05, 0) is 104 Å². The van der Waals surface area contributed by atoms with Crippen LogP contribution in [0.25, 0.3) is 97.0 Å². The number of furan rings is 1. The van der Waals surface area contributed by atoms with Crippen LogP contribution in [0.15, 0.2) is 217 Å². The van der Waals surface area contributed by atoms with E-state index in [1.165, 1.54) is 64.0 Å². The molecule has 0 unspecified atom stereocenters. The van der Waals surface area contributed by atoms with Crippen LogP contribution in [-0.2, 0) is 0 Å². The Balaban J connectivity index is 1.08. The van der Waals surface area contributed by atoms with Gasteiger partial charge in [0.05, 0.1) is 16.8 Å².